The number of anilines is 1. The van der Waals surface area contributed by atoms with Crippen molar-refractivity contribution in [3.05, 3.63) is 99.1 Å². The fraction of sp³-hybridized carbons (Fsp3) is 0.0833. The topological polar surface area (TPSA) is 105 Å². The number of nitro groups is 1. The van der Waals surface area contributed by atoms with Gasteiger partial charge in [-0.05, 0) is 54.1 Å². The summed E-state index contributed by atoms with van der Waals surface area (Å²) in [4.78, 5) is 22.6. The lowest BCUT2D eigenvalue weighted by Crippen LogP contribution is -2.14. The third kappa shape index (κ3) is 6.85. The minimum atomic E-state index is -4.81. The molecule has 1 amide bonds. The second-order valence-electron chi connectivity index (χ2n) is 7.31. The average molecular weight is 521 g/mol. The lowest BCUT2D eigenvalue weighted by Gasteiger charge is -2.11. The van der Waals surface area contributed by atoms with Crippen LogP contribution in [0.25, 0.3) is 6.08 Å². The molecule has 0 bridgehead atoms. The third-order valence-electron chi connectivity index (χ3n) is 4.69. The number of hydrogen-bond donors (Lipinski definition) is 1. The molecular weight excluding hydrogens is 508 g/mol. The summed E-state index contributed by atoms with van der Waals surface area (Å²) in [6.07, 6.45) is -8.37. The Labute approximate surface area is 204 Å². The van der Waals surface area contributed by atoms with E-state index in [1.54, 1.807) is 6.07 Å². The Hall–Kier alpha value is -4.86. The van der Waals surface area contributed by atoms with Crippen LogP contribution >= 0.6 is 0 Å². The summed E-state index contributed by atoms with van der Waals surface area (Å²) in [7, 11) is 0. The van der Waals surface area contributed by atoms with Crippen LogP contribution in [0.15, 0.2) is 72.3 Å². The Bertz CT molecular complexity index is 1420. The second kappa shape index (κ2) is 10.4. The number of nitrogens with zero attached hydrogens (tertiary/aromatic N) is 2. The van der Waals surface area contributed by atoms with Crippen molar-refractivity contribution in [3.63, 3.8) is 0 Å². The van der Waals surface area contributed by atoms with Crippen LogP contribution in [0, 0.1) is 21.4 Å². The Balaban J connectivity index is 1.85. The maximum absolute atomic E-state index is 12.9. The summed E-state index contributed by atoms with van der Waals surface area (Å²) < 4.78 is 82.7. The van der Waals surface area contributed by atoms with Crippen LogP contribution in [-0.2, 0) is 17.1 Å². The molecule has 0 heterocycles. The molecule has 0 fully saturated rings. The van der Waals surface area contributed by atoms with Gasteiger partial charge >= 0.3 is 18.0 Å². The van der Waals surface area contributed by atoms with Gasteiger partial charge in [0.15, 0.2) is 0 Å². The number of nitro benzene ring substituents is 1. The van der Waals surface area contributed by atoms with E-state index < -0.39 is 51.3 Å². The van der Waals surface area contributed by atoms with Gasteiger partial charge in [-0.3, -0.25) is 14.9 Å². The number of halogens is 6. The molecule has 0 aromatic heterocycles. The van der Waals surface area contributed by atoms with Crippen LogP contribution in [0.2, 0.25) is 0 Å². The normalized spacial score (nSPS) is 12.0. The van der Waals surface area contributed by atoms with Gasteiger partial charge in [-0.15, -0.1) is 0 Å². The molecule has 0 aliphatic carbocycles. The van der Waals surface area contributed by atoms with Crippen molar-refractivity contribution in [1.82, 2.24) is 0 Å². The zero-order valence-corrected chi connectivity index (χ0v) is 18.2. The summed E-state index contributed by atoms with van der Waals surface area (Å²) in [6, 6.07) is 12.5. The molecule has 0 spiro atoms. The lowest BCUT2D eigenvalue weighted by molar-refractivity contribution is -0.385. The SMILES string of the molecule is N#C/C(=C/c1cccc(Oc2ccc(C(F)(F)F)cc2[N+](=O)[O-])c1)C(=O)Nc1cccc(C(F)(F)F)c1. The predicted octanol–water partition coefficient (Wildman–Crippen LogP) is 6.97. The van der Waals surface area contributed by atoms with Gasteiger partial charge in [0.1, 0.15) is 17.4 Å². The highest BCUT2D eigenvalue weighted by molar-refractivity contribution is 6.09. The Morgan fingerprint density at radius 3 is 2.22 bits per heavy atom. The first-order valence-corrected chi connectivity index (χ1v) is 10.0. The summed E-state index contributed by atoms with van der Waals surface area (Å²) in [5.74, 6) is -1.55. The van der Waals surface area contributed by atoms with Crippen molar-refractivity contribution in [2.75, 3.05) is 5.32 Å². The summed E-state index contributed by atoms with van der Waals surface area (Å²) in [5.41, 5.74) is -3.69. The number of ether oxygens (including phenoxy) is 1. The number of rotatable bonds is 6. The molecular formula is C24H13F6N3O4. The van der Waals surface area contributed by atoms with Crippen LogP contribution in [0.3, 0.4) is 0 Å². The maximum atomic E-state index is 12.9. The molecule has 0 aliphatic rings. The highest BCUT2D eigenvalue weighted by Crippen LogP contribution is 2.38. The Morgan fingerprint density at radius 1 is 0.946 bits per heavy atom. The lowest BCUT2D eigenvalue weighted by atomic mass is 10.1. The van der Waals surface area contributed by atoms with Crippen molar-refractivity contribution in [3.8, 4) is 17.6 Å². The molecule has 1 N–H and O–H groups in total. The molecule has 190 valence electrons. The molecule has 0 saturated carbocycles. The Morgan fingerprint density at radius 2 is 1.59 bits per heavy atom. The monoisotopic (exact) mass is 521 g/mol. The van der Waals surface area contributed by atoms with Crippen molar-refractivity contribution in [2.24, 2.45) is 0 Å². The molecule has 0 unspecified atom stereocenters. The number of carbonyl (C=O) groups excluding carboxylic acids is 1. The van der Waals surface area contributed by atoms with Crippen LogP contribution in [0.4, 0.5) is 37.7 Å². The maximum Gasteiger partial charge on any atom is 0.416 e. The van der Waals surface area contributed by atoms with Gasteiger partial charge in [0.2, 0.25) is 5.75 Å². The fourth-order valence-corrected chi connectivity index (χ4v) is 3.00. The van der Waals surface area contributed by atoms with Gasteiger partial charge in [-0.25, -0.2) is 0 Å². The quantitative estimate of drug-likeness (QED) is 0.124. The number of nitrogens with one attached hydrogen (secondary N) is 1. The molecule has 0 aliphatic heterocycles. The van der Waals surface area contributed by atoms with E-state index >= 15 is 0 Å². The van der Waals surface area contributed by atoms with E-state index in [0.717, 1.165) is 24.3 Å². The molecule has 3 aromatic rings. The molecule has 37 heavy (non-hydrogen) atoms. The smallest absolute Gasteiger partial charge is 0.416 e. The molecule has 3 rings (SSSR count). The van der Waals surface area contributed by atoms with E-state index in [1.165, 1.54) is 30.3 Å². The summed E-state index contributed by atoms with van der Waals surface area (Å²) in [6.45, 7) is 0. The molecule has 3 aromatic carbocycles. The first kappa shape index (κ1) is 26.7. The minimum Gasteiger partial charge on any atom is -0.450 e. The van der Waals surface area contributed by atoms with Gasteiger partial charge in [0.25, 0.3) is 5.91 Å². The Kier molecular flexibility index (Phi) is 7.52. The molecule has 0 radical (unpaired) electrons. The highest BCUT2D eigenvalue weighted by atomic mass is 19.4. The van der Waals surface area contributed by atoms with Crippen LogP contribution in [0.5, 0.6) is 11.5 Å². The third-order valence-corrected chi connectivity index (χ3v) is 4.69. The minimum absolute atomic E-state index is 0.0628. The van der Waals surface area contributed by atoms with Gasteiger partial charge in [0, 0.05) is 11.8 Å². The summed E-state index contributed by atoms with van der Waals surface area (Å²) in [5, 5.41) is 22.8. The highest BCUT2D eigenvalue weighted by Gasteiger charge is 2.33. The zero-order chi connectivity index (χ0) is 27.4. The first-order chi connectivity index (χ1) is 17.3. The van der Waals surface area contributed by atoms with Crippen molar-refractivity contribution >= 4 is 23.4 Å². The summed E-state index contributed by atoms with van der Waals surface area (Å²) >= 11 is 0. The molecule has 0 atom stereocenters. The molecule has 13 heteroatoms. The first-order valence-electron chi connectivity index (χ1n) is 10.0. The van der Waals surface area contributed by atoms with Crippen molar-refractivity contribution in [1.29, 1.82) is 5.26 Å². The number of nitriles is 1. The molecule has 7 nitrogen and oxygen atoms in total. The van der Waals surface area contributed by atoms with E-state index in [-0.39, 0.29) is 17.0 Å². The zero-order valence-electron chi connectivity index (χ0n) is 18.2. The van der Waals surface area contributed by atoms with Crippen molar-refractivity contribution < 1.29 is 40.8 Å². The van der Waals surface area contributed by atoms with E-state index in [1.807, 2.05) is 0 Å². The van der Waals surface area contributed by atoms with Crippen LogP contribution in [0.1, 0.15) is 16.7 Å². The van der Waals surface area contributed by atoms with Gasteiger partial charge in [-0.1, -0.05) is 18.2 Å². The van der Waals surface area contributed by atoms with E-state index in [0.29, 0.717) is 18.2 Å². The number of amides is 1. The predicted molar refractivity (Wildman–Crippen MR) is 118 cm³/mol. The van der Waals surface area contributed by atoms with Crippen LogP contribution in [-0.4, -0.2) is 10.8 Å². The number of hydrogen-bond acceptors (Lipinski definition) is 5. The second-order valence-corrected chi connectivity index (χ2v) is 7.31. The van der Waals surface area contributed by atoms with E-state index in [2.05, 4.69) is 5.32 Å². The van der Waals surface area contributed by atoms with Gasteiger partial charge in [0.05, 0.1) is 16.1 Å². The number of alkyl halides is 6. The number of benzene rings is 3. The van der Waals surface area contributed by atoms with Gasteiger partial charge in [-0.2, -0.15) is 31.6 Å². The van der Waals surface area contributed by atoms with Gasteiger partial charge < -0.3 is 10.1 Å². The average Bonchev–Trinajstić information content (AvgIpc) is 2.81. The van der Waals surface area contributed by atoms with Crippen molar-refractivity contribution in [2.45, 2.75) is 12.4 Å². The van der Waals surface area contributed by atoms with E-state index in [4.69, 9.17) is 4.74 Å². The fourth-order valence-electron chi connectivity index (χ4n) is 3.00. The van der Waals surface area contributed by atoms with E-state index in [9.17, 15) is 46.5 Å². The largest absolute Gasteiger partial charge is 0.450 e. The molecule has 0 saturated heterocycles. The standard InChI is InChI=1S/C24H13F6N3O4/c25-23(26,27)16-4-2-5-18(11-16)32-22(34)15(13-31)9-14-3-1-6-19(10-14)37-21-8-7-17(24(28,29)30)12-20(21)33(35)36/h1-12H,(H,32,34)/b15-9-. The number of carbonyl (C=O) groups is 1. The van der Waals surface area contributed by atoms with Crippen LogP contribution < -0.4 is 10.1 Å².